The fourth-order valence-electron chi connectivity index (χ4n) is 1.37. The van der Waals surface area contributed by atoms with Crippen LogP contribution in [0.15, 0.2) is 46.2 Å². The highest BCUT2D eigenvalue weighted by atomic mass is 79.9. The Morgan fingerprint density at radius 1 is 1.37 bits per heavy atom. The maximum Gasteiger partial charge on any atom is 0.263 e. The smallest absolute Gasteiger partial charge is 0.263 e. The molecule has 0 radical (unpaired) electrons. The minimum Gasteiger partial charge on any atom is -0.479 e. The number of nitrogens with one attached hydrogen (secondary N) is 1. The first kappa shape index (κ1) is 13.8. The first-order chi connectivity index (χ1) is 9.03. The highest BCUT2D eigenvalue weighted by molar-refractivity contribution is 9.10. The predicted octanol–water partition coefficient (Wildman–Crippen LogP) is 2.05. The minimum atomic E-state index is -3.72. The molecule has 0 amide bonds. The number of aromatic nitrogens is 2. The summed E-state index contributed by atoms with van der Waals surface area (Å²) in [7, 11) is -2.30. The van der Waals surface area contributed by atoms with E-state index < -0.39 is 10.0 Å². The van der Waals surface area contributed by atoms with Crippen molar-refractivity contribution < 1.29 is 13.2 Å². The molecule has 0 bridgehead atoms. The standard InChI is InChI=1S/C11H10BrN3O3S/c1-18-11-10(5-8(12)6-14-11)15-19(16,17)9-3-2-4-13-7-9/h2-7,15H,1H3. The van der Waals surface area contributed by atoms with Gasteiger partial charge in [-0.1, -0.05) is 0 Å². The summed E-state index contributed by atoms with van der Waals surface area (Å²) in [6.45, 7) is 0. The summed E-state index contributed by atoms with van der Waals surface area (Å²) in [5, 5.41) is 0. The third-order valence-electron chi connectivity index (χ3n) is 2.20. The second kappa shape index (κ2) is 5.54. The molecule has 1 N–H and O–H groups in total. The zero-order valence-electron chi connectivity index (χ0n) is 9.87. The molecular formula is C11H10BrN3O3S. The summed E-state index contributed by atoms with van der Waals surface area (Å²) >= 11 is 3.22. The monoisotopic (exact) mass is 343 g/mol. The Morgan fingerprint density at radius 3 is 2.79 bits per heavy atom. The number of sulfonamides is 1. The SMILES string of the molecule is COc1ncc(Br)cc1NS(=O)(=O)c1cccnc1. The van der Waals surface area contributed by atoms with E-state index in [1.807, 2.05) is 0 Å². The zero-order chi connectivity index (χ0) is 13.9. The lowest BCUT2D eigenvalue weighted by atomic mass is 10.4. The van der Waals surface area contributed by atoms with Gasteiger partial charge in [0.15, 0.2) is 0 Å². The van der Waals surface area contributed by atoms with Gasteiger partial charge in [-0.2, -0.15) is 0 Å². The minimum absolute atomic E-state index is 0.0667. The van der Waals surface area contributed by atoms with Crippen LogP contribution in [0.3, 0.4) is 0 Å². The number of hydrogen-bond acceptors (Lipinski definition) is 5. The van der Waals surface area contributed by atoms with E-state index in [0.29, 0.717) is 4.47 Å². The van der Waals surface area contributed by atoms with Gasteiger partial charge in [0, 0.05) is 23.1 Å². The van der Waals surface area contributed by atoms with Crippen molar-refractivity contribution in [3.8, 4) is 5.88 Å². The van der Waals surface area contributed by atoms with Crippen molar-refractivity contribution >= 4 is 31.6 Å². The number of methoxy groups -OCH3 is 1. The van der Waals surface area contributed by atoms with Gasteiger partial charge in [-0.3, -0.25) is 9.71 Å². The Hall–Kier alpha value is -1.67. The van der Waals surface area contributed by atoms with E-state index in [4.69, 9.17) is 4.74 Å². The lowest BCUT2D eigenvalue weighted by Gasteiger charge is -2.10. The maximum atomic E-state index is 12.1. The Balaban J connectivity index is 2.38. The van der Waals surface area contributed by atoms with Gasteiger partial charge in [0.2, 0.25) is 5.88 Å². The van der Waals surface area contributed by atoms with Gasteiger partial charge in [-0.15, -0.1) is 0 Å². The van der Waals surface area contributed by atoms with E-state index in [0.717, 1.165) is 0 Å². The van der Waals surface area contributed by atoms with Crippen molar-refractivity contribution in [2.24, 2.45) is 0 Å². The van der Waals surface area contributed by atoms with Crippen LogP contribution in [0.25, 0.3) is 0 Å². The topological polar surface area (TPSA) is 81.2 Å². The molecule has 6 nitrogen and oxygen atoms in total. The molecule has 0 unspecified atom stereocenters. The lowest BCUT2D eigenvalue weighted by molar-refractivity contribution is 0.400. The van der Waals surface area contributed by atoms with E-state index >= 15 is 0 Å². The fraction of sp³-hybridized carbons (Fsp3) is 0.0909. The van der Waals surface area contributed by atoms with Gasteiger partial charge in [0.25, 0.3) is 10.0 Å². The largest absolute Gasteiger partial charge is 0.479 e. The molecule has 0 aromatic carbocycles. The first-order valence-corrected chi connectivity index (χ1v) is 7.43. The number of pyridine rings is 2. The van der Waals surface area contributed by atoms with E-state index in [1.54, 1.807) is 12.1 Å². The summed E-state index contributed by atoms with van der Waals surface area (Å²) < 4.78 is 32.3. The summed E-state index contributed by atoms with van der Waals surface area (Å²) in [6, 6.07) is 4.57. The molecule has 2 aromatic heterocycles. The van der Waals surface area contributed by atoms with Crippen LogP contribution >= 0.6 is 15.9 Å². The van der Waals surface area contributed by atoms with Crippen LogP contribution in [0.1, 0.15) is 0 Å². The van der Waals surface area contributed by atoms with Crippen molar-refractivity contribution in [3.63, 3.8) is 0 Å². The Kier molecular flexibility index (Phi) is 4.01. The predicted molar refractivity (Wildman–Crippen MR) is 73.5 cm³/mol. The molecule has 0 saturated carbocycles. The molecule has 0 aliphatic heterocycles. The van der Waals surface area contributed by atoms with Crippen LogP contribution in [0.4, 0.5) is 5.69 Å². The maximum absolute atomic E-state index is 12.1. The number of rotatable bonds is 4. The quantitative estimate of drug-likeness (QED) is 0.918. The van der Waals surface area contributed by atoms with Crippen molar-refractivity contribution in [2.75, 3.05) is 11.8 Å². The number of nitrogens with zero attached hydrogens (tertiary/aromatic N) is 2. The molecule has 0 saturated heterocycles. The van der Waals surface area contributed by atoms with E-state index in [2.05, 4.69) is 30.6 Å². The molecule has 19 heavy (non-hydrogen) atoms. The molecule has 0 atom stereocenters. The van der Waals surface area contributed by atoms with Crippen LogP contribution in [0, 0.1) is 0 Å². The lowest BCUT2D eigenvalue weighted by Crippen LogP contribution is -2.14. The number of ether oxygens (including phenoxy) is 1. The normalized spacial score (nSPS) is 11.1. The van der Waals surface area contributed by atoms with Crippen molar-refractivity contribution in [1.82, 2.24) is 9.97 Å². The average molecular weight is 344 g/mol. The fourth-order valence-corrected chi connectivity index (χ4v) is 2.71. The van der Waals surface area contributed by atoms with Crippen LogP contribution in [-0.4, -0.2) is 25.5 Å². The molecule has 0 aliphatic rings. The van der Waals surface area contributed by atoms with Crippen LogP contribution in [0.2, 0.25) is 0 Å². The van der Waals surface area contributed by atoms with Crippen molar-refractivity contribution in [1.29, 1.82) is 0 Å². The third-order valence-corrected chi connectivity index (χ3v) is 3.98. The second-order valence-electron chi connectivity index (χ2n) is 3.50. The van der Waals surface area contributed by atoms with Crippen LogP contribution in [-0.2, 0) is 10.0 Å². The third kappa shape index (κ3) is 3.21. The van der Waals surface area contributed by atoms with Crippen molar-refractivity contribution in [2.45, 2.75) is 4.90 Å². The zero-order valence-corrected chi connectivity index (χ0v) is 12.3. The Labute approximate surface area is 119 Å². The number of hydrogen-bond donors (Lipinski definition) is 1. The number of halogens is 1. The molecule has 2 rings (SSSR count). The van der Waals surface area contributed by atoms with Gasteiger partial charge in [-0.05, 0) is 34.1 Å². The Morgan fingerprint density at radius 2 is 2.16 bits per heavy atom. The van der Waals surface area contributed by atoms with Gasteiger partial charge in [0.1, 0.15) is 10.6 Å². The van der Waals surface area contributed by atoms with Crippen LogP contribution < -0.4 is 9.46 Å². The molecular weight excluding hydrogens is 334 g/mol. The van der Waals surface area contributed by atoms with Gasteiger partial charge in [-0.25, -0.2) is 13.4 Å². The molecule has 0 fully saturated rings. The van der Waals surface area contributed by atoms with E-state index in [9.17, 15) is 8.42 Å². The Bertz CT molecular complexity index is 677. The van der Waals surface area contributed by atoms with Gasteiger partial charge < -0.3 is 4.74 Å². The summed E-state index contributed by atoms with van der Waals surface area (Å²) in [6.07, 6.45) is 4.28. The molecule has 2 heterocycles. The molecule has 0 aliphatic carbocycles. The molecule has 100 valence electrons. The molecule has 2 aromatic rings. The average Bonchev–Trinajstić information content (AvgIpc) is 2.39. The highest BCUT2D eigenvalue weighted by Gasteiger charge is 2.17. The summed E-state index contributed by atoms with van der Waals surface area (Å²) in [5.74, 6) is 0.190. The second-order valence-corrected chi connectivity index (χ2v) is 6.10. The highest BCUT2D eigenvalue weighted by Crippen LogP contribution is 2.27. The van der Waals surface area contributed by atoms with Crippen LogP contribution in [0.5, 0.6) is 5.88 Å². The van der Waals surface area contributed by atoms with Gasteiger partial charge >= 0.3 is 0 Å². The van der Waals surface area contributed by atoms with E-state index in [-0.39, 0.29) is 16.5 Å². The molecule has 0 spiro atoms. The summed E-state index contributed by atoms with van der Waals surface area (Å²) in [4.78, 5) is 7.81. The van der Waals surface area contributed by atoms with Gasteiger partial charge in [0.05, 0.1) is 7.11 Å². The van der Waals surface area contributed by atoms with E-state index in [1.165, 1.54) is 31.8 Å². The van der Waals surface area contributed by atoms with Crippen molar-refractivity contribution in [3.05, 3.63) is 41.3 Å². The summed E-state index contributed by atoms with van der Waals surface area (Å²) in [5.41, 5.74) is 0.251. The molecule has 8 heteroatoms. The first-order valence-electron chi connectivity index (χ1n) is 5.15. The number of anilines is 1.